The van der Waals surface area contributed by atoms with Crippen LogP contribution in [-0.4, -0.2) is 36.3 Å². The van der Waals surface area contributed by atoms with Gasteiger partial charge in [0.25, 0.3) is 0 Å². The lowest BCUT2D eigenvalue weighted by Gasteiger charge is -2.18. The van der Waals surface area contributed by atoms with Gasteiger partial charge in [0.05, 0.1) is 6.10 Å². The summed E-state index contributed by atoms with van der Waals surface area (Å²) in [5.74, 6) is 3.00. The molecule has 2 heterocycles. The summed E-state index contributed by atoms with van der Waals surface area (Å²) < 4.78 is 5.37. The number of methoxy groups -OCH3 is 1. The third-order valence-electron chi connectivity index (χ3n) is 3.49. The summed E-state index contributed by atoms with van der Waals surface area (Å²) in [6.45, 7) is 1.89. The third-order valence-corrected chi connectivity index (χ3v) is 3.49. The van der Waals surface area contributed by atoms with Gasteiger partial charge in [0.15, 0.2) is 0 Å². The summed E-state index contributed by atoms with van der Waals surface area (Å²) in [5, 5.41) is 0. The summed E-state index contributed by atoms with van der Waals surface area (Å²) in [7, 11) is 1.76. The van der Waals surface area contributed by atoms with Gasteiger partial charge in [-0.1, -0.05) is 0 Å². The van der Waals surface area contributed by atoms with Crippen LogP contribution < -0.4 is 10.6 Å². The fourth-order valence-electron chi connectivity index (χ4n) is 2.29. The van der Waals surface area contributed by atoms with Crippen molar-refractivity contribution in [2.75, 3.05) is 30.8 Å². The number of nitrogens with two attached hydrogens (primary N) is 1. The van der Waals surface area contributed by atoms with Crippen molar-refractivity contribution in [2.45, 2.75) is 31.3 Å². The second-order valence-corrected chi connectivity index (χ2v) is 4.88. The van der Waals surface area contributed by atoms with Crippen LogP contribution in [0.1, 0.15) is 31.0 Å². The minimum absolute atomic E-state index is 0.315. The fourth-order valence-corrected chi connectivity index (χ4v) is 2.29. The van der Waals surface area contributed by atoms with Gasteiger partial charge in [0.1, 0.15) is 17.5 Å². The zero-order valence-corrected chi connectivity index (χ0v) is 10.1. The van der Waals surface area contributed by atoms with Crippen LogP contribution in [0.4, 0.5) is 11.6 Å². The van der Waals surface area contributed by atoms with E-state index in [1.165, 1.54) is 12.8 Å². The number of hydrogen-bond acceptors (Lipinski definition) is 5. The predicted octanol–water partition coefficient (Wildman–Crippen LogP) is 1.16. The molecule has 2 fully saturated rings. The van der Waals surface area contributed by atoms with Crippen molar-refractivity contribution in [2.24, 2.45) is 0 Å². The van der Waals surface area contributed by atoms with E-state index in [2.05, 4.69) is 14.9 Å². The standard InChI is InChI=1S/C12H18N4O/c1-17-9-4-5-16(7-9)11-6-10(13)14-12(15-11)8-2-3-8/h6,8-9H,2-5,7H2,1H3,(H2,13,14,15). The Morgan fingerprint density at radius 3 is 2.82 bits per heavy atom. The van der Waals surface area contributed by atoms with Crippen molar-refractivity contribution in [3.63, 3.8) is 0 Å². The number of nitrogen functional groups attached to an aromatic ring is 1. The first-order chi connectivity index (χ1) is 8.26. The maximum Gasteiger partial charge on any atom is 0.136 e. The van der Waals surface area contributed by atoms with Crippen molar-refractivity contribution >= 4 is 11.6 Å². The van der Waals surface area contributed by atoms with Crippen LogP contribution in [0.3, 0.4) is 0 Å². The molecule has 2 N–H and O–H groups in total. The normalized spacial score (nSPS) is 24.3. The second kappa shape index (κ2) is 4.14. The average molecular weight is 234 g/mol. The van der Waals surface area contributed by atoms with Crippen molar-refractivity contribution in [1.29, 1.82) is 0 Å². The quantitative estimate of drug-likeness (QED) is 0.850. The molecule has 1 aromatic rings. The number of hydrogen-bond donors (Lipinski definition) is 1. The first kappa shape index (κ1) is 10.8. The maximum atomic E-state index is 5.85. The molecule has 0 bridgehead atoms. The number of aromatic nitrogens is 2. The minimum atomic E-state index is 0.315. The maximum absolute atomic E-state index is 5.85. The molecule has 5 heteroatoms. The molecule has 3 rings (SSSR count). The summed E-state index contributed by atoms with van der Waals surface area (Å²) in [6, 6.07) is 1.86. The van der Waals surface area contributed by atoms with Crippen molar-refractivity contribution in [1.82, 2.24) is 9.97 Å². The van der Waals surface area contributed by atoms with Gasteiger partial charge in [-0.3, -0.25) is 0 Å². The lowest BCUT2D eigenvalue weighted by molar-refractivity contribution is 0.121. The summed E-state index contributed by atoms with van der Waals surface area (Å²) in [6.07, 6.45) is 3.77. The summed E-state index contributed by atoms with van der Waals surface area (Å²) >= 11 is 0. The molecule has 0 amide bonds. The van der Waals surface area contributed by atoms with E-state index in [0.717, 1.165) is 31.2 Å². The van der Waals surface area contributed by atoms with Crippen LogP contribution in [0.15, 0.2) is 6.07 Å². The number of nitrogens with zero attached hydrogens (tertiary/aromatic N) is 3. The lowest BCUT2D eigenvalue weighted by Crippen LogP contribution is -2.23. The second-order valence-electron chi connectivity index (χ2n) is 4.88. The van der Waals surface area contributed by atoms with E-state index in [1.54, 1.807) is 7.11 Å². The molecule has 0 spiro atoms. The van der Waals surface area contributed by atoms with E-state index in [1.807, 2.05) is 6.07 Å². The minimum Gasteiger partial charge on any atom is -0.384 e. The number of ether oxygens (including phenoxy) is 1. The SMILES string of the molecule is COC1CCN(c2cc(N)nc(C3CC3)n2)C1. The van der Waals surface area contributed by atoms with Gasteiger partial charge < -0.3 is 15.4 Å². The highest BCUT2D eigenvalue weighted by molar-refractivity contribution is 5.48. The summed E-state index contributed by atoms with van der Waals surface area (Å²) in [5.41, 5.74) is 5.85. The molecule has 1 atom stereocenters. The Kier molecular flexibility index (Phi) is 2.63. The van der Waals surface area contributed by atoms with E-state index < -0.39 is 0 Å². The van der Waals surface area contributed by atoms with Crippen LogP contribution in [-0.2, 0) is 4.74 Å². The predicted molar refractivity (Wildman–Crippen MR) is 66.0 cm³/mol. The van der Waals surface area contributed by atoms with Crippen LogP contribution in [0.25, 0.3) is 0 Å². The van der Waals surface area contributed by atoms with Gasteiger partial charge in [-0.2, -0.15) is 0 Å². The smallest absolute Gasteiger partial charge is 0.136 e. The molecule has 17 heavy (non-hydrogen) atoms. The Morgan fingerprint density at radius 1 is 1.35 bits per heavy atom. The van der Waals surface area contributed by atoms with Crippen LogP contribution in [0, 0.1) is 0 Å². The number of anilines is 2. The molecule has 1 aliphatic carbocycles. The monoisotopic (exact) mass is 234 g/mol. The molecule has 0 aromatic carbocycles. The molecule has 92 valence electrons. The largest absolute Gasteiger partial charge is 0.384 e. The molecular weight excluding hydrogens is 216 g/mol. The number of rotatable bonds is 3. The average Bonchev–Trinajstić information content (AvgIpc) is 3.06. The van der Waals surface area contributed by atoms with Crippen molar-refractivity contribution in [3.8, 4) is 0 Å². The first-order valence-electron chi connectivity index (χ1n) is 6.18. The van der Waals surface area contributed by atoms with E-state index in [-0.39, 0.29) is 0 Å². The van der Waals surface area contributed by atoms with Crippen LogP contribution in [0.2, 0.25) is 0 Å². The van der Waals surface area contributed by atoms with E-state index in [0.29, 0.717) is 17.8 Å². The van der Waals surface area contributed by atoms with Crippen LogP contribution >= 0.6 is 0 Å². The highest BCUT2D eigenvalue weighted by Crippen LogP contribution is 2.39. The fraction of sp³-hybridized carbons (Fsp3) is 0.667. The van der Waals surface area contributed by atoms with E-state index >= 15 is 0 Å². The molecule has 5 nitrogen and oxygen atoms in total. The molecule has 1 aromatic heterocycles. The van der Waals surface area contributed by atoms with Gasteiger partial charge in [-0.05, 0) is 19.3 Å². The Balaban J connectivity index is 1.82. The Labute approximate surface area is 101 Å². The molecule has 1 saturated carbocycles. The highest BCUT2D eigenvalue weighted by Gasteiger charge is 2.29. The van der Waals surface area contributed by atoms with E-state index in [9.17, 15) is 0 Å². The van der Waals surface area contributed by atoms with Crippen LogP contribution in [0.5, 0.6) is 0 Å². The van der Waals surface area contributed by atoms with Crippen molar-refractivity contribution < 1.29 is 4.74 Å². The molecule has 1 aliphatic heterocycles. The Hall–Kier alpha value is -1.36. The zero-order chi connectivity index (χ0) is 11.8. The molecule has 2 aliphatic rings. The van der Waals surface area contributed by atoms with Gasteiger partial charge in [0, 0.05) is 32.2 Å². The third kappa shape index (κ3) is 2.20. The highest BCUT2D eigenvalue weighted by atomic mass is 16.5. The van der Waals surface area contributed by atoms with Crippen molar-refractivity contribution in [3.05, 3.63) is 11.9 Å². The van der Waals surface area contributed by atoms with E-state index in [4.69, 9.17) is 10.5 Å². The summed E-state index contributed by atoms with van der Waals surface area (Å²) in [4.78, 5) is 11.2. The van der Waals surface area contributed by atoms with Gasteiger partial charge in [-0.25, -0.2) is 9.97 Å². The van der Waals surface area contributed by atoms with Gasteiger partial charge in [0.2, 0.25) is 0 Å². The Bertz CT molecular complexity index is 419. The molecule has 1 saturated heterocycles. The van der Waals surface area contributed by atoms with Gasteiger partial charge >= 0.3 is 0 Å². The topological polar surface area (TPSA) is 64.3 Å². The molecular formula is C12H18N4O. The van der Waals surface area contributed by atoms with Gasteiger partial charge in [-0.15, -0.1) is 0 Å². The zero-order valence-electron chi connectivity index (χ0n) is 10.1. The molecule has 1 unspecified atom stereocenters. The molecule has 0 radical (unpaired) electrons. The lowest BCUT2D eigenvalue weighted by atomic mass is 10.3. The first-order valence-corrected chi connectivity index (χ1v) is 6.18. The Morgan fingerprint density at radius 2 is 2.18 bits per heavy atom.